The molecule has 0 atom stereocenters. The lowest BCUT2D eigenvalue weighted by molar-refractivity contribution is 0.356. The number of hydrogen-bond acceptors (Lipinski definition) is 5. The molecule has 6 heteroatoms. The van der Waals surface area contributed by atoms with E-state index in [-0.39, 0.29) is 0 Å². The fourth-order valence-electron chi connectivity index (χ4n) is 0.805. The molecule has 0 unspecified atom stereocenters. The third-order valence-electron chi connectivity index (χ3n) is 1.30. The van der Waals surface area contributed by atoms with Crippen LogP contribution in [0.2, 0.25) is 0 Å². The second-order valence-electron chi connectivity index (χ2n) is 2.53. The monoisotopic (exact) mass is 166 g/mol. The summed E-state index contributed by atoms with van der Waals surface area (Å²) in [5, 5.41) is 19.8. The van der Waals surface area contributed by atoms with E-state index in [1.165, 1.54) is 4.80 Å². The Hall–Kier alpha value is -1.48. The zero-order chi connectivity index (χ0) is 8.97. The number of aryl methyl sites for hydroxylation is 1. The van der Waals surface area contributed by atoms with E-state index in [1.54, 1.807) is 7.05 Å². The predicted molar refractivity (Wildman–Crippen MR) is 40.7 cm³/mol. The molecule has 0 bridgehead atoms. The van der Waals surface area contributed by atoms with Crippen molar-refractivity contribution in [2.75, 3.05) is 13.6 Å². The second-order valence-corrected chi connectivity index (χ2v) is 2.53. The first-order valence-corrected chi connectivity index (χ1v) is 3.50. The number of hydrogen-bond donors (Lipinski definition) is 0. The van der Waals surface area contributed by atoms with Crippen LogP contribution in [0.5, 0.6) is 0 Å². The average Bonchev–Trinajstić information content (AvgIpc) is 2.36. The van der Waals surface area contributed by atoms with E-state index in [4.69, 9.17) is 5.26 Å². The van der Waals surface area contributed by atoms with E-state index >= 15 is 0 Å². The maximum absolute atomic E-state index is 8.37. The van der Waals surface area contributed by atoms with Gasteiger partial charge in [-0.3, -0.25) is 4.90 Å². The maximum Gasteiger partial charge on any atom is 0.188 e. The Morgan fingerprint density at radius 2 is 2.42 bits per heavy atom. The van der Waals surface area contributed by atoms with Crippen molar-refractivity contribution in [3.8, 4) is 6.07 Å². The maximum atomic E-state index is 8.37. The fraction of sp³-hybridized carbons (Fsp3) is 0.667. The molecule has 1 aromatic heterocycles. The first-order chi connectivity index (χ1) is 5.72. The number of nitriles is 1. The normalized spacial score (nSPS) is 10.2. The lowest BCUT2D eigenvalue weighted by Crippen LogP contribution is -2.18. The first-order valence-electron chi connectivity index (χ1n) is 3.50. The van der Waals surface area contributed by atoms with E-state index in [0.29, 0.717) is 18.9 Å². The molecule has 0 aliphatic heterocycles. The van der Waals surface area contributed by atoms with Crippen LogP contribution in [0.1, 0.15) is 5.82 Å². The van der Waals surface area contributed by atoms with E-state index in [1.807, 2.05) is 18.0 Å². The largest absolute Gasteiger partial charge is 0.286 e. The molecule has 0 N–H and O–H groups in total. The number of rotatable bonds is 3. The molecule has 12 heavy (non-hydrogen) atoms. The highest BCUT2D eigenvalue weighted by Crippen LogP contribution is 1.91. The van der Waals surface area contributed by atoms with E-state index in [0.717, 1.165) is 0 Å². The van der Waals surface area contributed by atoms with Crippen molar-refractivity contribution in [1.82, 2.24) is 25.1 Å². The van der Waals surface area contributed by atoms with Crippen molar-refractivity contribution in [1.29, 1.82) is 5.26 Å². The van der Waals surface area contributed by atoms with Gasteiger partial charge in [0.25, 0.3) is 0 Å². The summed E-state index contributed by atoms with van der Waals surface area (Å²) >= 11 is 0. The molecule has 0 radical (unpaired) electrons. The highest BCUT2D eigenvalue weighted by Gasteiger charge is 2.03. The Labute approximate surface area is 70.4 Å². The van der Waals surface area contributed by atoms with Gasteiger partial charge in [-0.25, -0.2) is 0 Å². The lowest BCUT2D eigenvalue weighted by Gasteiger charge is -2.07. The number of tetrazole rings is 1. The van der Waals surface area contributed by atoms with Crippen LogP contribution in [0.25, 0.3) is 0 Å². The van der Waals surface area contributed by atoms with Crippen LogP contribution >= 0.6 is 0 Å². The van der Waals surface area contributed by atoms with Crippen molar-refractivity contribution in [2.45, 2.75) is 6.54 Å². The van der Waals surface area contributed by atoms with Gasteiger partial charge in [-0.05, 0) is 12.3 Å². The summed E-state index contributed by atoms with van der Waals surface area (Å²) in [4.78, 5) is 3.21. The Balaban J connectivity index is 2.47. The minimum atomic E-state index is 0.373. The smallest absolute Gasteiger partial charge is 0.188 e. The van der Waals surface area contributed by atoms with Crippen LogP contribution < -0.4 is 0 Å². The summed E-state index contributed by atoms with van der Waals surface area (Å²) in [6.45, 7) is 0.930. The quantitative estimate of drug-likeness (QED) is 0.548. The van der Waals surface area contributed by atoms with Gasteiger partial charge in [-0.15, -0.1) is 10.2 Å². The Morgan fingerprint density at radius 3 is 2.92 bits per heavy atom. The molecule has 0 fully saturated rings. The van der Waals surface area contributed by atoms with Crippen LogP contribution in [0.3, 0.4) is 0 Å². The molecule has 1 aromatic rings. The van der Waals surface area contributed by atoms with Crippen LogP contribution in [-0.4, -0.2) is 38.7 Å². The molecular formula is C6H10N6. The molecular weight excluding hydrogens is 156 g/mol. The summed E-state index contributed by atoms with van der Waals surface area (Å²) in [7, 11) is 3.54. The molecule has 0 saturated heterocycles. The summed E-state index contributed by atoms with van der Waals surface area (Å²) in [6, 6.07) is 2.04. The van der Waals surface area contributed by atoms with Gasteiger partial charge in [0.15, 0.2) is 5.82 Å². The van der Waals surface area contributed by atoms with Crippen LogP contribution in [0.4, 0.5) is 0 Å². The molecule has 1 heterocycles. The molecule has 0 spiro atoms. The summed E-state index contributed by atoms with van der Waals surface area (Å²) in [5.74, 6) is 0.634. The predicted octanol–water partition coefficient (Wildman–Crippen LogP) is -0.835. The Bertz CT molecular complexity index is 284. The van der Waals surface area contributed by atoms with Crippen LogP contribution in [0, 0.1) is 11.3 Å². The van der Waals surface area contributed by atoms with Gasteiger partial charge in [0.2, 0.25) is 0 Å². The van der Waals surface area contributed by atoms with E-state index < -0.39 is 0 Å². The van der Waals surface area contributed by atoms with Crippen molar-refractivity contribution in [3.05, 3.63) is 5.82 Å². The number of nitrogens with zero attached hydrogens (tertiary/aromatic N) is 6. The van der Waals surface area contributed by atoms with Crippen molar-refractivity contribution in [3.63, 3.8) is 0 Å². The van der Waals surface area contributed by atoms with Crippen LogP contribution in [0.15, 0.2) is 0 Å². The number of aromatic nitrogens is 4. The highest BCUT2D eigenvalue weighted by molar-refractivity contribution is 4.80. The average molecular weight is 166 g/mol. The van der Waals surface area contributed by atoms with Gasteiger partial charge in [0, 0.05) is 0 Å². The van der Waals surface area contributed by atoms with Gasteiger partial charge in [0.05, 0.1) is 26.2 Å². The highest BCUT2D eigenvalue weighted by atomic mass is 15.6. The molecule has 0 aromatic carbocycles. The van der Waals surface area contributed by atoms with Gasteiger partial charge < -0.3 is 0 Å². The molecule has 0 amide bonds. The molecule has 1 rings (SSSR count). The van der Waals surface area contributed by atoms with Gasteiger partial charge >= 0.3 is 0 Å². The lowest BCUT2D eigenvalue weighted by atomic mass is 10.5. The third kappa shape index (κ3) is 2.29. The van der Waals surface area contributed by atoms with Crippen LogP contribution in [-0.2, 0) is 13.6 Å². The van der Waals surface area contributed by atoms with E-state index in [2.05, 4.69) is 15.4 Å². The zero-order valence-corrected chi connectivity index (χ0v) is 7.10. The SMILES string of the molecule is CN(CC#N)Cc1nnn(C)n1. The van der Waals surface area contributed by atoms with E-state index in [9.17, 15) is 0 Å². The Morgan fingerprint density at radius 1 is 1.67 bits per heavy atom. The summed E-state index contributed by atoms with van der Waals surface area (Å²) < 4.78 is 0. The minimum Gasteiger partial charge on any atom is -0.286 e. The van der Waals surface area contributed by atoms with Gasteiger partial charge in [0.1, 0.15) is 0 Å². The van der Waals surface area contributed by atoms with Crippen molar-refractivity contribution >= 4 is 0 Å². The topological polar surface area (TPSA) is 70.6 Å². The van der Waals surface area contributed by atoms with Gasteiger partial charge in [-0.1, -0.05) is 0 Å². The summed E-state index contributed by atoms with van der Waals surface area (Å²) in [5.41, 5.74) is 0. The minimum absolute atomic E-state index is 0.373. The van der Waals surface area contributed by atoms with Gasteiger partial charge in [-0.2, -0.15) is 10.1 Å². The zero-order valence-electron chi connectivity index (χ0n) is 7.10. The third-order valence-corrected chi connectivity index (χ3v) is 1.30. The Kier molecular flexibility index (Phi) is 2.71. The molecule has 64 valence electrons. The molecule has 0 saturated carbocycles. The van der Waals surface area contributed by atoms with Crippen molar-refractivity contribution in [2.24, 2.45) is 7.05 Å². The molecule has 0 aliphatic carbocycles. The van der Waals surface area contributed by atoms with Crippen molar-refractivity contribution < 1.29 is 0 Å². The standard InChI is InChI=1S/C6H10N6/c1-11(4-3-7)5-6-8-10-12(2)9-6/h4-5H2,1-2H3. The summed E-state index contributed by atoms with van der Waals surface area (Å²) in [6.07, 6.45) is 0. The molecule has 6 nitrogen and oxygen atoms in total. The molecule has 0 aliphatic rings. The fourth-order valence-corrected chi connectivity index (χ4v) is 0.805. The first kappa shape index (κ1) is 8.62. The second kappa shape index (κ2) is 3.78.